The first-order chi connectivity index (χ1) is 14.9. The summed E-state index contributed by atoms with van der Waals surface area (Å²) < 4.78 is 14.3. The standard InChI is InChI=1S/C26H41N3O2Si/c1-17-14-19-15-18-10-11-24(5)21(8-9-22(24)30-32(6,7)23(2,3)4)26(18)13-12-25(19,31-26)16-20(17)28-29-27/h14-15,17,20-22H,8-13,16H2,1-7H3/t17-,20-,21+,22-,24-,25+,26+/m0/s1. The van der Waals surface area contributed by atoms with Crippen LogP contribution in [0.15, 0.2) is 28.4 Å². The summed E-state index contributed by atoms with van der Waals surface area (Å²) in [5.41, 5.74) is 11.8. The minimum atomic E-state index is -1.83. The Balaban J connectivity index is 1.49. The van der Waals surface area contributed by atoms with Gasteiger partial charge in [-0.2, -0.15) is 0 Å². The van der Waals surface area contributed by atoms with Crippen molar-refractivity contribution < 1.29 is 9.16 Å². The van der Waals surface area contributed by atoms with Gasteiger partial charge in [-0.1, -0.05) is 51.9 Å². The zero-order valence-electron chi connectivity index (χ0n) is 21.1. The van der Waals surface area contributed by atoms with Crippen LogP contribution in [0.3, 0.4) is 0 Å². The first-order valence-electron chi connectivity index (χ1n) is 12.7. The Labute approximate surface area is 194 Å². The molecule has 2 bridgehead atoms. The van der Waals surface area contributed by atoms with Crippen LogP contribution in [0.1, 0.15) is 79.6 Å². The molecule has 0 N–H and O–H groups in total. The van der Waals surface area contributed by atoms with Gasteiger partial charge in [0, 0.05) is 11.0 Å². The van der Waals surface area contributed by atoms with E-state index >= 15 is 0 Å². The maximum atomic E-state index is 9.10. The molecule has 3 fully saturated rings. The molecule has 0 aromatic rings. The van der Waals surface area contributed by atoms with Crippen LogP contribution in [0.25, 0.3) is 10.4 Å². The van der Waals surface area contributed by atoms with Crippen LogP contribution in [0.4, 0.5) is 0 Å². The fourth-order valence-electron chi connectivity index (χ4n) is 7.49. The van der Waals surface area contributed by atoms with Crippen LogP contribution < -0.4 is 0 Å². The van der Waals surface area contributed by atoms with Crippen molar-refractivity contribution in [3.8, 4) is 0 Å². The molecule has 1 saturated heterocycles. The highest BCUT2D eigenvalue weighted by atomic mass is 28.4. The molecule has 5 nitrogen and oxygen atoms in total. The topological polar surface area (TPSA) is 67.2 Å². The van der Waals surface area contributed by atoms with E-state index in [1.165, 1.54) is 24.0 Å². The molecule has 2 heterocycles. The van der Waals surface area contributed by atoms with E-state index in [0.717, 1.165) is 32.1 Å². The van der Waals surface area contributed by atoms with E-state index in [-0.39, 0.29) is 33.6 Å². The van der Waals surface area contributed by atoms with E-state index < -0.39 is 8.32 Å². The van der Waals surface area contributed by atoms with E-state index in [0.29, 0.717) is 12.0 Å². The Kier molecular flexibility index (Phi) is 4.95. The third kappa shape index (κ3) is 2.99. The Morgan fingerprint density at radius 1 is 1.22 bits per heavy atom. The van der Waals surface area contributed by atoms with Gasteiger partial charge in [-0.25, -0.2) is 0 Å². The van der Waals surface area contributed by atoms with Crippen molar-refractivity contribution in [2.24, 2.45) is 22.4 Å². The van der Waals surface area contributed by atoms with Crippen LogP contribution in [0.2, 0.25) is 18.1 Å². The molecular formula is C26H41N3O2Si. The normalized spacial score (nSPS) is 45.2. The van der Waals surface area contributed by atoms with Gasteiger partial charge in [-0.3, -0.25) is 0 Å². The summed E-state index contributed by atoms with van der Waals surface area (Å²) in [6.07, 6.45) is 12.8. The molecule has 2 saturated carbocycles. The lowest BCUT2D eigenvalue weighted by molar-refractivity contribution is -0.150. The molecule has 6 heteroatoms. The number of fused-ring (bicyclic) bond motifs is 1. The van der Waals surface area contributed by atoms with Gasteiger partial charge in [0.15, 0.2) is 8.32 Å². The predicted molar refractivity (Wildman–Crippen MR) is 131 cm³/mol. The maximum absolute atomic E-state index is 9.10. The smallest absolute Gasteiger partial charge is 0.192 e. The number of rotatable bonds is 3. The summed E-state index contributed by atoms with van der Waals surface area (Å²) in [4.78, 5) is 3.15. The molecule has 3 aliphatic carbocycles. The number of hydrogen-bond donors (Lipinski definition) is 0. The first-order valence-corrected chi connectivity index (χ1v) is 15.6. The van der Waals surface area contributed by atoms with Crippen molar-refractivity contribution in [2.45, 2.75) is 121 Å². The van der Waals surface area contributed by atoms with Crippen molar-refractivity contribution in [1.82, 2.24) is 0 Å². The van der Waals surface area contributed by atoms with E-state index in [9.17, 15) is 0 Å². The molecule has 2 aliphatic heterocycles. The summed E-state index contributed by atoms with van der Waals surface area (Å²) in [5.74, 6) is 0.783. The highest BCUT2D eigenvalue weighted by molar-refractivity contribution is 6.74. The molecule has 2 spiro atoms. The van der Waals surface area contributed by atoms with Gasteiger partial charge >= 0.3 is 0 Å². The molecule has 0 aromatic heterocycles. The molecule has 5 rings (SSSR count). The molecule has 32 heavy (non-hydrogen) atoms. The molecule has 176 valence electrons. The third-order valence-corrected chi connectivity index (χ3v) is 14.9. The molecule has 0 amide bonds. The lowest BCUT2D eigenvalue weighted by Gasteiger charge is -2.56. The SMILES string of the molecule is C[C@H]1C=C2C=C3CC[C@]4(C)[C@@H](O[Si](C)(C)C(C)(C)C)CC[C@H]4[C@@]34CC[C@]2(C[C@@H]1N=[N+]=[N-])O4. The summed E-state index contributed by atoms with van der Waals surface area (Å²) in [6.45, 7) is 16.5. The number of nitrogens with zero attached hydrogens (tertiary/aromatic N) is 3. The molecule has 0 radical (unpaired) electrons. The van der Waals surface area contributed by atoms with Crippen LogP contribution in [-0.4, -0.2) is 31.7 Å². The summed E-state index contributed by atoms with van der Waals surface area (Å²) in [7, 11) is -1.83. The number of azide groups is 1. The van der Waals surface area contributed by atoms with Crippen LogP contribution in [0.5, 0.6) is 0 Å². The van der Waals surface area contributed by atoms with Gasteiger partial charge in [0.2, 0.25) is 0 Å². The second-order valence-corrected chi connectivity index (χ2v) is 17.9. The lowest BCUT2D eigenvalue weighted by atomic mass is 9.58. The largest absolute Gasteiger partial charge is 0.413 e. The molecule has 7 atom stereocenters. The van der Waals surface area contributed by atoms with Gasteiger partial charge < -0.3 is 9.16 Å². The third-order valence-electron chi connectivity index (χ3n) is 10.5. The Morgan fingerprint density at radius 3 is 2.66 bits per heavy atom. The zero-order valence-corrected chi connectivity index (χ0v) is 22.1. The lowest BCUT2D eigenvalue weighted by Crippen LogP contribution is -2.57. The Hall–Kier alpha value is -1.07. The van der Waals surface area contributed by atoms with E-state index in [1.54, 1.807) is 0 Å². The van der Waals surface area contributed by atoms with E-state index in [2.05, 4.69) is 69.9 Å². The van der Waals surface area contributed by atoms with Gasteiger partial charge in [-0.05, 0) is 97.0 Å². The highest BCUT2D eigenvalue weighted by Gasteiger charge is 2.67. The van der Waals surface area contributed by atoms with Gasteiger partial charge in [0.1, 0.15) is 0 Å². The van der Waals surface area contributed by atoms with Gasteiger partial charge in [-0.15, -0.1) is 0 Å². The van der Waals surface area contributed by atoms with Crippen molar-refractivity contribution in [1.29, 1.82) is 0 Å². The summed E-state index contributed by atoms with van der Waals surface area (Å²) >= 11 is 0. The van der Waals surface area contributed by atoms with Crippen molar-refractivity contribution in [3.05, 3.63) is 33.7 Å². The summed E-state index contributed by atoms with van der Waals surface area (Å²) in [5, 5.41) is 4.37. The second kappa shape index (κ2) is 6.97. The highest BCUT2D eigenvalue weighted by Crippen LogP contribution is 2.68. The Bertz CT molecular complexity index is 930. The average Bonchev–Trinajstić information content (AvgIpc) is 3.18. The Morgan fingerprint density at radius 2 is 1.97 bits per heavy atom. The van der Waals surface area contributed by atoms with E-state index in [1.807, 2.05) is 0 Å². The predicted octanol–water partition coefficient (Wildman–Crippen LogP) is 7.46. The number of hydrogen-bond acceptors (Lipinski definition) is 3. The van der Waals surface area contributed by atoms with Gasteiger partial charge in [0.05, 0.1) is 17.3 Å². The van der Waals surface area contributed by atoms with Crippen molar-refractivity contribution >= 4 is 8.32 Å². The van der Waals surface area contributed by atoms with Gasteiger partial charge in [0.25, 0.3) is 0 Å². The molecule has 0 aromatic carbocycles. The fraction of sp³-hybridized carbons (Fsp3) is 0.846. The van der Waals surface area contributed by atoms with Crippen LogP contribution in [-0.2, 0) is 9.16 Å². The van der Waals surface area contributed by atoms with Crippen molar-refractivity contribution in [2.75, 3.05) is 0 Å². The minimum Gasteiger partial charge on any atom is -0.413 e. The van der Waals surface area contributed by atoms with Crippen LogP contribution in [0, 0.1) is 17.3 Å². The average molecular weight is 456 g/mol. The van der Waals surface area contributed by atoms with Crippen molar-refractivity contribution in [3.63, 3.8) is 0 Å². The second-order valence-electron chi connectivity index (χ2n) is 13.1. The first kappa shape index (κ1) is 22.7. The van der Waals surface area contributed by atoms with Crippen LogP contribution >= 0.6 is 0 Å². The number of ether oxygens (including phenoxy) is 1. The zero-order chi connectivity index (χ0) is 23.2. The van der Waals surface area contributed by atoms with E-state index in [4.69, 9.17) is 14.7 Å². The maximum Gasteiger partial charge on any atom is 0.192 e. The molecule has 5 aliphatic rings. The molecule has 0 unspecified atom stereocenters. The minimum absolute atomic E-state index is 0.0120. The molecular weight excluding hydrogens is 414 g/mol. The monoisotopic (exact) mass is 455 g/mol. The quantitative estimate of drug-likeness (QED) is 0.192. The summed E-state index contributed by atoms with van der Waals surface area (Å²) in [6, 6.07) is -0.0120. The fourth-order valence-corrected chi connectivity index (χ4v) is 8.94.